The molecule has 2 heterocycles. The first kappa shape index (κ1) is 12.6. The zero-order valence-corrected chi connectivity index (χ0v) is 10.7. The van der Waals surface area contributed by atoms with Gasteiger partial charge in [0, 0.05) is 17.0 Å². The third-order valence-electron chi connectivity index (χ3n) is 2.39. The SMILES string of the molecule is Cc1ccc(OCCc2cccs2)c(C(=O)O)n1. The Morgan fingerprint density at radius 3 is 2.94 bits per heavy atom. The Labute approximate surface area is 109 Å². The van der Waals surface area contributed by atoms with E-state index in [2.05, 4.69) is 4.98 Å². The van der Waals surface area contributed by atoms with Crippen LogP contribution in [0.4, 0.5) is 0 Å². The first-order valence-electron chi connectivity index (χ1n) is 5.53. The van der Waals surface area contributed by atoms with Crippen molar-refractivity contribution in [2.75, 3.05) is 6.61 Å². The molecule has 2 aromatic heterocycles. The predicted molar refractivity (Wildman–Crippen MR) is 69.5 cm³/mol. The minimum atomic E-state index is -1.06. The van der Waals surface area contributed by atoms with Gasteiger partial charge in [-0.15, -0.1) is 11.3 Å². The minimum Gasteiger partial charge on any atom is -0.491 e. The number of aryl methyl sites for hydroxylation is 1. The molecule has 0 unspecified atom stereocenters. The number of carboxylic acid groups (broad SMARTS) is 1. The molecule has 0 aliphatic heterocycles. The van der Waals surface area contributed by atoms with Crippen LogP contribution in [0.5, 0.6) is 5.75 Å². The smallest absolute Gasteiger partial charge is 0.358 e. The van der Waals surface area contributed by atoms with Gasteiger partial charge in [0.15, 0.2) is 11.4 Å². The van der Waals surface area contributed by atoms with Gasteiger partial charge >= 0.3 is 5.97 Å². The maximum absolute atomic E-state index is 11.0. The molecule has 0 radical (unpaired) electrons. The molecule has 5 heteroatoms. The number of hydrogen-bond acceptors (Lipinski definition) is 4. The molecule has 0 aliphatic carbocycles. The molecule has 0 atom stereocenters. The Morgan fingerprint density at radius 2 is 2.28 bits per heavy atom. The third-order valence-corrected chi connectivity index (χ3v) is 3.32. The van der Waals surface area contributed by atoms with Crippen LogP contribution in [0.2, 0.25) is 0 Å². The normalized spacial score (nSPS) is 10.3. The molecule has 0 spiro atoms. The number of thiophene rings is 1. The summed E-state index contributed by atoms with van der Waals surface area (Å²) < 4.78 is 5.49. The molecule has 4 nitrogen and oxygen atoms in total. The molecule has 18 heavy (non-hydrogen) atoms. The standard InChI is InChI=1S/C13H13NO3S/c1-9-4-5-11(12(14-9)13(15)16)17-7-6-10-3-2-8-18-10/h2-5,8H,6-7H2,1H3,(H,15,16). The second-order valence-corrected chi connectivity index (χ2v) is 4.81. The van der Waals surface area contributed by atoms with Gasteiger partial charge in [-0.1, -0.05) is 6.07 Å². The number of pyridine rings is 1. The highest BCUT2D eigenvalue weighted by Gasteiger charge is 2.13. The van der Waals surface area contributed by atoms with Crippen molar-refractivity contribution in [3.8, 4) is 5.75 Å². The molecule has 0 saturated heterocycles. The third kappa shape index (κ3) is 3.07. The second-order valence-electron chi connectivity index (χ2n) is 3.78. The summed E-state index contributed by atoms with van der Waals surface area (Å²) in [7, 11) is 0. The summed E-state index contributed by atoms with van der Waals surface area (Å²) in [4.78, 5) is 16.2. The van der Waals surface area contributed by atoms with E-state index in [-0.39, 0.29) is 5.69 Å². The van der Waals surface area contributed by atoms with Gasteiger partial charge in [-0.2, -0.15) is 0 Å². The molecular formula is C13H13NO3S. The molecule has 0 aliphatic rings. The number of aromatic nitrogens is 1. The van der Waals surface area contributed by atoms with Crippen molar-refractivity contribution in [3.63, 3.8) is 0 Å². The molecule has 2 rings (SSSR count). The van der Waals surface area contributed by atoms with Crippen LogP contribution in [0.25, 0.3) is 0 Å². The number of aromatic carboxylic acids is 1. The first-order chi connectivity index (χ1) is 8.66. The van der Waals surface area contributed by atoms with Crippen molar-refractivity contribution in [3.05, 3.63) is 45.9 Å². The van der Waals surface area contributed by atoms with Gasteiger partial charge in [0.1, 0.15) is 0 Å². The minimum absolute atomic E-state index is 0.0267. The lowest BCUT2D eigenvalue weighted by molar-refractivity contribution is 0.0685. The van der Waals surface area contributed by atoms with E-state index < -0.39 is 5.97 Å². The number of carboxylic acids is 1. The van der Waals surface area contributed by atoms with Crippen LogP contribution >= 0.6 is 11.3 Å². The van der Waals surface area contributed by atoms with Crippen molar-refractivity contribution >= 4 is 17.3 Å². The van der Waals surface area contributed by atoms with Crippen molar-refractivity contribution in [1.82, 2.24) is 4.98 Å². The van der Waals surface area contributed by atoms with E-state index in [0.717, 1.165) is 6.42 Å². The van der Waals surface area contributed by atoms with Crippen LogP contribution in [0, 0.1) is 6.92 Å². The van der Waals surface area contributed by atoms with Crippen LogP contribution in [0.3, 0.4) is 0 Å². The van der Waals surface area contributed by atoms with Crippen molar-refractivity contribution < 1.29 is 14.6 Å². The van der Waals surface area contributed by atoms with E-state index in [4.69, 9.17) is 9.84 Å². The Bertz CT molecular complexity index is 537. The Hall–Kier alpha value is -1.88. The summed E-state index contributed by atoms with van der Waals surface area (Å²) in [6.07, 6.45) is 0.768. The molecule has 0 saturated carbocycles. The quantitative estimate of drug-likeness (QED) is 0.901. The summed E-state index contributed by atoms with van der Waals surface area (Å²) in [5.74, 6) is -0.741. The average Bonchev–Trinajstić information content (AvgIpc) is 2.84. The van der Waals surface area contributed by atoms with E-state index in [0.29, 0.717) is 18.1 Å². The van der Waals surface area contributed by atoms with Gasteiger partial charge in [-0.05, 0) is 30.5 Å². The van der Waals surface area contributed by atoms with E-state index in [9.17, 15) is 4.79 Å². The molecule has 0 bridgehead atoms. The van der Waals surface area contributed by atoms with Gasteiger partial charge < -0.3 is 9.84 Å². The summed E-state index contributed by atoms with van der Waals surface area (Å²) in [6, 6.07) is 7.41. The Morgan fingerprint density at radius 1 is 1.44 bits per heavy atom. The predicted octanol–water partition coefficient (Wildman–Crippen LogP) is 2.77. The van der Waals surface area contributed by atoms with Crippen LogP contribution in [-0.4, -0.2) is 22.7 Å². The van der Waals surface area contributed by atoms with Gasteiger partial charge in [-0.25, -0.2) is 9.78 Å². The number of carbonyl (C=O) groups is 1. The Balaban J connectivity index is 2.02. The molecule has 1 N–H and O–H groups in total. The molecule has 2 aromatic rings. The monoisotopic (exact) mass is 263 g/mol. The van der Waals surface area contributed by atoms with Crippen LogP contribution in [0.1, 0.15) is 21.1 Å². The summed E-state index contributed by atoms with van der Waals surface area (Å²) >= 11 is 1.66. The van der Waals surface area contributed by atoms with Gasteiger partial charge in [0.25, 0.3) is 0 Å². The number of ether oxygens (including phenoxy) is 1. The van der Waals surface area contributed by atoms with Crippen LogP contribution in [-0.2, 0) is 6.42 Å². The van der Waals surface area contributed by atoms with E-state index in [1.165, 1.54) is 4.88 Å². The molecule has 94 valence electrons. The zero-order valence-electron chi connectivity index (χ0n) is 9.92. The zero-order chi connectivity index (χ0) is 13.0. The highest BCUT2D eigenvalue weighted by molar-refractivity contribution is 7.09. The highest BCUT2D eigenvalue weighted by atomic mass is 32.1. The van der Waals surface area contributed by atoms with Gasteiger partial charge in [0.2, 0.25) is 0 Å². The molecule has 0 fully saturated rings. The lowest BCUT2D eigenvalue weighted by Gasteiger charge is -2.08. The topological polar surface area (TPSA) is 59.4 Å². The van der Waals surface area contributed by atoms with E-state index in [1.807, 2.05) is 17.5 Å². The van der Waals surface area contributed by atoms with E-state index in [1.54, 1.807) is 30.4 Å². The fraction of sp³-hybridized carbons (Fsp3) is 0.231. The second kappa shape index (κ2) is 5.64. The summed E-state index contributed by atoms with van der Waals surface area (Å²) in [5.41, 5.74) is 0.638. The van der Waals surface area contributed by atoms with Gasteiger partial charge in [-0.3, -0.25) is 0 Å². The van der Waals surface area contributed by atoms with Crippen LogP contribution < -0.4 is 4.74 Å². The number of rotatable bonds is 5. The average molecular weight is 263 g/mol. The maximum Gasteiger partial charge on any atom is 0.358 e. The molecular weight excluding hydrogens is 250 g/mol. The van der Waals surface area contributed by atoms with Crippen molar-refractivity contribution in [1.29, 1.82) is 0 Å². The number of nitrogens with zero attached hydrogens (tertiary/aromatic N) is 1. The Kier molecular flexibility index (Phi) is 3.94. The lowest BCUT2D eigenvalue weighted by atomic mass is 10.3. The lowest BCUT2D eigenvalue weighted by Crippen LogP contribution is -2.08. The highest BCUT2D eigenvalue weighted by Crippen LogP contribution is 2.18. The van der Waals surface area contributed by atoms with E-state index >= 15 is 0 Å². The van der Waals surface area contributed by atoms with Gasteiger partial charge in [0.05, 0.1) is 6.61 Å². The first-order valence-corrected chi connectivity index (χ1v) is 6.41. The summed E-state index contributed by atoms with van der Waals surface area (Å²) in [5, 5.41) is 11.0. The van der Waals surface area contributed by atoms with Crippen molar-refractivity contribution in [2.24, 2.45) is 0 Å². The molecule has 0 amide bonds. The van der Waals surface area contributed by atoms with Crippen molar-refractivity contribution in [2.45, 2.75) is 13.3 Å². The summed E-state index contributed by atoms with van der Waals surface area (Å²) in [6.45, 7) is 2.20. The fourth-order valence-electron chi connectivity index (χ4n) is 1.53. The maximum atomic E-state index is 11.0. The number of hydrogen-bond donors (Lipinski definition) is 1. The molecule has 0 aromatic carbocycles. The largest absolute Gasteiger partial charge is 0.491 e. The van der Waals surface area contributed by atoms with Crippen LogP contribution in [0.15, 0.2) is 29.6 Å². The fourth-order valence-corrected chi connectivity index (χ4v) is 2.22.